The van der Waals surface area contributed by atoms with Crippen LogP contribution in [0.15, 0.2) is 5.38 Å². The van der Waals surface area contributed by atoms with Crippen molar-refractivity contribution in [2.45, 2.75) is 38.5 Å². The van der Waals surface area contributed by atoms with E-state index >= 15 is 0 Å². The number of thiazole rings is 1. The minimum Gasteiger partial charge on any atom is -0.392 e. The number of nitrogens with zero attached hydrogens (tertiary/aromatic N) is 3. The minimum atomic E-state index is -0.382. The van der Waals surface area contributed by atoms with Crippen LogP contribution in [-0.2, 0) is 17.8 Å². The van der Waals surface area contributed by atoms with Crippen LogP contribution in [0, 0.1) is 0 Å². The van der Waals surface area contributed by atoms with Crippen LogP contribution >= 0.6 is 36.2 Å². The van der Waals surface area contributed by atoms with Crippen molar-refractivity contribution in [3.05, 3.63) is 16.1 Å². The first kappa shape index (κ1) is 21.6. The maximum atomic E-state index is 12.4. The van der Waals surface area contributed by atoms with Gasteiger partial charge in [0, 0.05) is 44.6 Å². The molecule has 24 heavy (non-hydrogen) atoms. The quantitative estimate of drug-likeness (QED) is 0.791. The van der Waals surface area contributed by atoms with E-state index in [1.54, 1.807) is 11.3 Å². The monoisotopic (exact) mass is 396 g/mol. The van der Waals surface area contributed by atoms with Gasteiger partial charge in [-0.25, -0.2) is 4.98 Å². The van der Waals surface area contributed by atoms with E-state index in [2.05, 4.69) is 27.5 Å². The lowest BCUT2D eigenvalue weighted by Crippen LogP contribution is -2.52. The number of aromatic nitrogens is 1. The van der Waals surface area contributed by atoms with Crippen molar-refractivity contribution >= 4 is 42.1 Å². The van der Waals surface area contributed by atoms with Gasteiger partial charge in [0.15, 0.2) is 0 Å². The number of hydrogen-bond acceptors (Lipinski definition) is 6. The maximum absolute atomic E-state index is 12.4. The number of halogens is 2. The fourth-order valence-electron chi connectivity index (χ4n) is 3.06. The summed E-state index contributed by atoms with van der Waals surface area (Å²) >= 11 is 1.73. The molecule has 6 nitrogen and oxygen atoms in total. The molecule has 0 aliphatic carbocycles. The first-order chi connectivity index (χ1) is 10.7. The Hall–Kier alpha value is -0.440. The number of hydrogen-bond donors (Lipinski definition) is 2. The number of piperazine rings is 1. The number of amides is 1. The second-order valence-electron chi connectivity index (χ2n) is 6.04. The molecule has 0 spiro atoms. The molecular formula is C15H26Cl2N4O2S. The normalized spacial score (nSPS) is 24.3. The summed E-state index contributed by atoms with van der Waals surface area (Å²) in [6, 6.07) is -0.202. The number of carbonyl (C=O) groups is 1. The molecule has 0 saturated carbocycles. The van der Waals surface area contributed by atoms with E-state index in [4.69, 9.17) is 0 Å². The van der Waals surface area contributed by atoms with Gasteiger partial charge in [0.2, 0.25) is 5.91 Å². The lowest BCUT2D eigenvalue weighted by atomic mass is 10.1. The van der Waals surface area contributed by atoms with Crippen LogP contribution in [0.5, 0.6) is 0 Å². The Morgan fingerprint density at radius 3 is 2.62 bits per heavy atom. The molecule has 2 N–H and O–H groups in total. The molecule has 1 aromatic heterocycles. The van der Waals surface area contributed by atoms with Gasteiger partial charge in [-0.15, -0.1) is 36.2 Å². The van der Waals surface area contributed by atoms with Crippen LogP contribution in [0.4, 0.5) is 0 Å². The van der Waals surface area contributed by atoms with Crippen molar-refractivity contribution < 1.29 is 9.90 Å². The molecule has 2 aliphatic heterocycles. The zero-order valence-electron chi connectivity index (χ0n) is 13.8. The van der Waals surface area contributed by atoms with Crippen LogP contribution in [0.1, 0.15) is 24.0 Å². The number of aryl methyl sites for hydroxylation is 1. The van der Waals surface area contributed by atoms with E-state index in [-0.39, 0.29) is 42.9 Å². The summed E-state index contributed by atoms with van der Waals surface area (Å²) in [5.74, 6) is 0.137. The SMILES string of the molecule is CCc1nc(CN2CCN(C(=O)C3CC(O)CN3)CC2)cs1.Cl.Cl. The molecular weight excluding hydrogens is 371 g/mol. The average molecular weight is 397 g/mol. The van der Waals surface area contributed by atoms with Gasteiger partial charge in [-0.3, -0.25) is 9.69 Å². The molecule has 3 rings (SSSR count). The molecule has 0 aromatic carbocycles. The van der Waals surface area contributed by atoms with Gasteiger partial charge in [0.05, 0.1) is 22.8 Å². The van der Waals surface area contributed by atoms with Crippen molar-refractivity contribution in [1.29, 1.82) is 0 Å². The lowest BCUT2D eigenvalue weighted by Gasteiger charge is -2.35. The third kappa shape index (κ3) is 5.28. The summed E-state index contributed by atoms with van der Waals surface area (Å²) in [6.07, 6.45) is 1.15. The Labute approximate surface area is 159 Å². The number of aliphatic hydroxyl groups excluding tert-OH is 1. The standard InChI is InChI=1S/C15H24N4O2S.2ClH/c1-2-14-17-11(10-22-14)9-18-3-5-19(6-4-18)15(21)13-7-12(20)8-16-13;;/h10,12-13,16,20H,2-9H2,1H3;2*1H. The molecule has 9 heteroatoms. The number of nitrogens with one attached hydrogen (secondary N) is 1. The smallest absolute Gasteiger partial charge is 0.239 e. The molecule has 2 aliphatic rings. The molecule has 2 fully saturated rings. The van der Waals surface area contributed by atoms with Crippen LogP contribution < -0.4 is 5.32 Å². The Morgan fingerprint density at radius 1 is 1.38 bits per heavy atom. The zero-order valence-corrected chi connectivity index (χ0v) is 16.3. The number of aliphatic hydroxyl groups is 1. The summed E-state index contributed by atoms with van der Waals surface area (Å²) in [4.78, 5) is 21.3. The first-order valence-corrected chi connectivity index (χ1v) is 8.89. The largest absolute Gasteiger partial charge is 0.392 e. The van der Waals surface area contributed by atoms with Gasteiger partial charge in [-0.05, 0) is 12.8 Å². The molecule has 2 unspecified atom stereocenters. The van der Waals surface area contributed by atoms with E-state index in [1.807, 2.05) is 4.90 Å². The highest BCUT2D eigenvalue weighted by Gasteiger charge is 2.32. The van der Waals surface area contributed by atoms with E-state index in [9.17, 15) is 9.90 Å². The fourth-order valence-corrected chi connectivity index (χ4v) is 3.80. The molecule has 2 atom stereocenters. The summed E-state index contributed by atoms with van der Waals surface area (Å²) < 4.78 is 0. The third-order valence-corrected chi connectivity index (χ3v) is 5.42. The average Bonchev–Trinajstić information content (AvgIpc) is 3.16. The van der Waals surface area contributed by atoms with Crippen LogP contribution in [0.3, 0.4) is 0 Å². The Balaban J connectivity index is 0.00000144. The van der Waals surface area contributed by atoms with Crippen LogP contribution in [0.2, 0.25) is 0 Å². The van der Waals surface area contributed by atoms with Crippen molar-refractivity contribution in [2.75, 3.05) is 32.7 Å². The predicted octanol–water partition coefficient (Wildman–Crippen LogP) is 0.916. The Kier molecular flexibility index (Phi) is 8.90. The summed E-state index contributed by atoms with van der Waals surface area (Å²) in [5, 5.41) is 16.0. The molecule has 2 saturated heterocycles. The predicted molar refractivity (Wildman–Crippen MR) is 100 cm³/mol. The van der Waals surface area contributed by atoms with Crippen molar-refractivity contribution in [3.8, 4) is 0 Å². The molecule has 138 valence electrons. The summed E-state index contributed by atoms with van der Waals surface area (Å²) in [5.41, 5.74) is 1.14. The van der Waals surface area contributed by atoms with Gasteiger partial charge in [-0.1, -0.05) is 6.92 Å². The zero-order chi connectivity index (χ0) is 15.5. The highest BCUT2D eigenvalue weighted by Crippen LogP contribution is 2.15. The van der Waals surface area contributed by atoms with Crippen molar-refractivity contribution in [2.24, 2.45) is 0 Å². The first-order valence-electron chi connectivity index (χ1n) is 8.01. The molecule has 1 aromatic rings. The fraction of sp³-hybridized carbons (Fsp3) is 0.733. The third-order valence-electron chi connectivity index (χ3n) is 4.38. The van der Waals surface area contributed by atoms with Gasteiger partial charge in [-0.2, -0.15) is 0 Å². The molecule has 3 heterocycles. The molecule has 0 radical (unpaired) electrons. The van der Waals surface area contributed by atoms with Gasteiger partial charge in [0.25, 0.3) is 0 Å². The highest BCUT2D eigenvalue weighted by atomic mass is 35.5. The van der Waals surface area contributed by atoms with Crippen molar-refractivity contribution in [1.82, 2.24) is 20.1 Å². The van der Waals surface area contributed by atoms with Gasteiger partial charge >= 0.3 is 0 Å². The molecule has 1 amide bonds. The maximum Gasteiger partial charge on any atom is 0.239 e. The number of β-amino-alcohol motifs (C(OH)–C–C–N with tert-alkyl or cyclic N) is 1. The number of rotatable bonds is 4. The van der Waals surface area contributed by atoms with E-state index in [0.717, 1.165) is 44.8 Å². The molecule has 0 bridgehead atoms. The van der Waals surface area contributed by atoms with E-state index in [0.29, 0.717) is 13.0 Å². The second-order valence-corrected chi connectivity index (χ2v) is 6.98. The van der Waals surface area contributed by atoms with Crippen LogP contribution in [-0.4, -0.2) is 70.7 Å². The Bertz CT molecular complexity index is 523. The Morgan fingerprint density at radius 2 is 2.08 bits per heavy atom. The summed E-state index contributed by atoms with van der Waals surface area (Å²) in [7, 11) is 0. The minimum absolute atomic E-state index is 0. The number of carbonyl (C=O) groups excluding carboxylic acids is 1. The highest BCUT2D eigenvalue weighted by molar-refractivity contribution is 7.09. The van der Waals surface area contributed by atoms with Crippen molar-refractivity contribution in [3.63, 3.8) is 0 Å². The topological polar surface area (TPSA) is 68.7 Å². The van der Waals surface area contributed by atoms with E-state index < -0.39 is 0 Å². The lowest BCUT2D eigenvalue weighted by molar-refractivity contribution is -0.135. The second kappa shape index (κ2) is 9.89. The summed E-state index contributed by atoms with van der Waals surface area (Å²) in [6.45, 7) is 6.83. The van der Waals surface area contributed by atoms with Crippen LogP contribution in [0.25, 0.3) is 0 Å². The van der Waals surface area contributed by atoms with E-state index in [1.165, 1.54) is 5.01 Å². The van der Waals surface area contributed by atoms with Gasteiger partial charge < -0.3 is 15.3 Å². The van der Waals surface area contributed by atoms with Gasteiger partial charge in [0.1, 0.15) is 0 Å².